The Labute approximate surface area is 486 Å². The van der Waals surface area contributed by atoms with Gasteiger partial charge in [0.2, 0.25) is 0 Å². The quantitative estimate of drug-likeness (QED) is 0.0446. The average molecular weight is 1280 g/mol. The first kappa shape index (κ1) is 53.5. The lowest BCUT2D eigenvalue weighted by Gasteiger charge is -2.37. The van der Waals surface area contributed by atoms with Gasteiger partial charge in [-0.1, -0.05) is 217 Å². The maximum atomic E-state index is 6.74. The molecular formula is C64H54Cl2I2N8O. The summed E-state index contributed by atoms with van der Waals surface area (Å²) in [6, 6.07) is 75.2. The summed E-state index contributed by atoms with van der Waals surface area (Å²) in [5.74, 6) is 0.855. The number of benzene rings is 7. The van der Waals surface area contributed by atoms with Crippen LogP contribution in [-0.2, 0) is 24.0 Å². The summed E-state index contributed by atoms with van der Waals surface area (Å²) in [6.45, 7) is 1.50. The van der Waals surface area contributed by atoms with E-state index in [0.29, 0.717) is 16.7 Å². The Morgan fingerprint density at radius 3 is 1.30 bits per heavy atom. The topological polar surface area (TPSA) is 85.9 Å². The minimum Gasteiger partial charge on any atom is -0.497 e. The molecule has 0 amide bonds. The molecule has 77 heavy (non-hydrogen) atoms. The molecule has 384 valence electrons. The van der Waals surface area contributed by atoms with Crippen LogP contribution >= 0.6 is 68.4 Å². The van der Waals surface area contributed by atoms with Crippen molar-refractivity contribution in [3.05, 3.63) is 293 Å². The SMILES string of the molecule is CN(C)/C=C/c1nc(Cl)cc2c1c(I)nn2C(c1ccccc1)(c1ccccc1)c1ccccc1.COc1ccc(CNCCc2nc(Cl)cc3c2c(I)nn3C(c2ccccc2)(c2ccccc2)c2ccccc2)cc1. The van der Waals surface area contributed by atoms with Crippen molar-refractivity contribution < 1.29 is 4.74 Å². The Balaban J connectivity index is 0.000000178. The Bertz CT molecular complexity index is 3560. The summed E-state index contributed by atoms with van der Waals surface area (Å²) >= 11 is 18.0. The molecule has 11 rings (SSSR count). The summed E-state index contributed by atoms with van der Waals surface area (Å²) in [4.78, 5) is 11.4. The van der Waals surface area contributed by atoms with Gasteiger partial charge in [0.25, 0.3) is 0 Å². The molecule has 0 radical (unpaired) electrons. The van der Waals surface area contributed by atoms with Crippen molar-refractivity contribution in [1.82, 2.24) is 39.7 Å². The Morgan fingerprint density at radius 1 is 0.532 bits per heavy atom. The zero-order valence-corrected chi connectivity index (χ0v) is 48.4. The van der Waals surface area contributed by atoms with Gasteiger partial charge in [0.1, 0.15) is 34.5 Å². The number of ether oxygens (including phenoxy) is 1. The molecule has 0 saturated carbocycles. The summed E-state index contributed by atoms with van der Waals surface area (Å²) < 4.78 is 11.3. The van der Waals surface area contributed by atoms with E-state index in [1.165, 1.54) is 5.56 Å². The van der Waals surface area contributed by atoms with Crippen molar-refractivity contribution in [2.24, 2.45) is 0 Å². The van der Waals surface area contributed by atoms with Crippen LogP contribution in [0.4, 0.5) is 0 Å². The number of nitrogens with zero attached hydrogens (tertiary/aromatic N) is 7. The van der Waals surface area contributed by atoms with Crippen molar-refractivity contribution >= 4 is 96.3 Å². The maximum absolute atomic E-state index is 6.74. The molecule has 0 aliphatic heterocycles. The van der Waals surface area contributed by atoms with Crippen LogP contribution in [0.5, 0.6) is 5.75 Å². The first-order valence-corrected chi connectivity index (χ1v) is 28.0. The zero-order chi connectivity index (χ0) is 53.4. The number of pyridine rings is 2. The van der Waals surface area contributed by atoms with E-state index in [-0.39, 0.29) is 0 Å². The number of methoxy groups -OCH3 is 1. The summed E-state index contributed by atoms with van der Waals surface area (Å²) in [5, 5.41) is 16.9. The minimum absolute atomic E-state index is 0.427. The van der Waals surface area contributed by atoms with Crippen LogP contribution < -0.4 is 10.1 Å². The lowest BCUT2D eigenvalue weighted by molar-refractivity contribution is 0.414. The van der Waals surface area contributed by atoms with E-state index >= 15 is 0 Å². The highest BCUT2D eigenvalue weighted by atomic mass is 127. The van der Waals surface area contributed by atoms with Crippen LogP contribution in [0.2, 0.25) is 10.3 Å². The van der Waals surface area contributed by atoms with Gasteiger partial charge in [-0.2, -0.15) is 10.2 Å². The molecule has 1 N–H and O–H groups in total. The van der Waals surface area contributed by atoms with Crippen LogP contribution in [0.15, 0.2) is 225 Å². The van der Waals surface area contributed by atoms with Gasteiger partial charge in [-0.3, -0.25) is 0 Å². The van der Waals surface area contributed by atoms with E-state index in [9.17, 15) is 0 Å². The van der Waals surface area contributed by atoms with E-state index in [0.717, 1.165) is 92.8 Å². The van der Waals surface area contributed by atoms with E-state index in [1.54, 1.807) is 7.11 Å². The third-order valence-electron chi connectivity index (χ3n) is 13.6. The molecule has 4 aromatic heterocycles. The van der Waals surface area contributed by atoms with Crippen molar-refractivity contribution in [1.29, 1.82) is 0 Å². The standard InChI is InChI=1S/C35H30ClIN4O.C29H24ClIN4/c1-42-29-19-17-25(18-20-29)24-38-22-21-30-33-31(23-32(36)39-30)41(40-34(33)37)35(26-11-5-2-6-12-26,27-13-7-3-8-14-27)28-15-9-4-10-16-28;1-34(2)19-18-24-27-25(20-26(30)32-24)35(33-28(27)31)29(21-12-6-3-7-13-21,22-14-8-4-9-15-22)23-16-10-5-11-17-23/h2-20,23,38H,21-22,24H2,1H3;3-20H,1-2H3/b;19-18+. The lowest BCUT2D eigenvalue weighted by atomic mass is 9.77. The van der Waals surface area contributed by atoms with Gasteiger partial charge in [0.05, 0.1) is 40.3 Å². The number of aromatic nitrogens is 6. The Morgan fingerprint density at radius 2 is 0.909 bits per heavy atom. The van der Waals surface area contributed by atoms with Crippen molar-refractivity contribution in [3.63, 3.8) is 0 Å². The van der Waals surface area contributed by atoms with Gasteiger partial charge >= 0.3 is 0 Å². The molecule has 0 aliphatic rings. The number of hydrogen-bond donors (Lipinski definition) is 1. The van der Waals surface area contributed by atoms with E-state index in [2.05, 4.69) is 223 Å². The molecule has 0 bridgehead atoms. The highest BCUT2D eigenvalue weighted by molar-refractivity contribution is 14.1. The van der Waals surface area contributed by atoms with E-state index in [1.807, 2.05) is 91.9 Å². The zero-order valence-electron chi connectivity index (χ0n) is 42.6. The first-order chi connectivity index (χ1) is 37.6. The minimum atomic E-state index is -0.736. The summed E-state index contributed by atoms with van der Waals surface area (Å²) in [7, 11) is 5.65. The molecule has 0 atom stereocenters. The number of fused-ring (bicyclic) bond motifs is 2. The monoisotopic (exact) mass is 1270 g/mol. The van der Waals surface area contributed by atoms with Crippen LogP contribution in [0.25, 0.3) is 27.9 Å². The fourth-order valence-electron chi connectivity index (χ4n) is 10.2. The maximum Gasteiger partial charge on any atom is 0.138 e. The van der Waals surface area contributed by atoms with Crippen molar-refractivity contribution in [3.8, 4) is 5.75 Å². The number of halogens is 4. The van der Waals surface area contributed by atoms with E-state index in [4.69, 9.17) is 43.1 Å². The molecule has 0 aliphatic carbocycles. The second-order valence-electron chi connectivity index (χ2n) is 18.6. The molecule has 0 unspecified atom stereocenters. The Kier molecular flexibility index (Phi) is 16.8. The largest absolute Gasteiger partial charge is 0.497 e. The van der Waals surface area contributed by atoms with Crippen molar-refractivity contribution in [2.45, 2.75) is 24.0 Å². The molecule has 0 saturated heterocycles. The third-order valence-corrected chi connectivity index (χ3v) is 15.5. The number of nitrogens with one attached hydrogen (secondary N) is 1. The van der Waals surface area contributed by atoms with Crippen LogP contribution in [0.3, 0.4) is 0 Å². The molecule has 0 fully saturated rings. The summed E-state index contributed by atoms with van der Waals surface area (Å²) in [6.07, 6.45) is 4.67. The molecule has 11 aromatic rings. The molecular weight excluding hydrogens is 1220 g/mol. The van der Waals surface area contributed by atoms with Gasteiger partial charge in [-0.05, 0) is 102 Å². The predicted octanol–water partition coefficient (Wildman–Crippen LogP) is 14.9. The fraction of sp³-hybridized carbons (Fsp3) is 0.125. The van der Waals surface area contributed by atoms with Crippen molar-refractivity contribution in [2.75, 3.05) is 27.7 Å². The van der Waals surface area contributed by atoms with Gasteiger partial charge in [0, 0.05) is 51.9 Å². The highest BCUT2D eigenvalue weighted by Gasteiger charge is 2.43. The second kappa shape index (κ2) is 24.2. The molecule has 13 heteroatoms. The number of rotatable bonds is 16. The molecule has 7 aromatic carbocycles. The predicted molar refractivity (Wildman–Crippen MR) is 331 cm³/mol. The van der Waals surface area contributed by atoms with Crippen LogP contribution in [0.1, 0.15) is 50.3 Å². The fourth-order valence-corrected chi connectivity index (χ4v) is 12.2. The number of hydrogen-bond acceptors (Lipinski definition) is 7. The average Bonchev–Trinajstić information content (AvgIpc) is 4.24. The first-order valence-electron chi connectivity index (χ1n) is 25.1. The molecule has 0 spiro atoms. The smallest absolute Gasteiger partial charge is 0.138 e. The third kappa shape index (κ3) is 10.9. The van der Waals surface area contributed by atoms with Gasteiger partial charge in [0.15, 0.2) is 0 Å². The Hall–Kier alpha value is -6.88. The summed E-state index contributed by atoms with van der Waals surface area (Å²) in [5.41, 5.74) is 9.98. The van der Waals surface area contributed by atoms with E-state index < -0.39 is 11.1 Å². The van der Waals surface area contributed by atoms with Gasteiger partial charge in [-0.15, -0.1) is 0 Å². The second-order valence-corrected chi connectivity index (χ2v) is 21.4. The van der Waals surface area contributed by atoms with Crippen LogP contribution in [-0.4, -0.2) is 62.2 Å². The van der Waals surface area contributed by atoms with Crippen LogP contribution in [0, 0.1) is 7.40 Å². The van der Waals surface area contributed by atoms with Gasteiger partial charge in [-0.25, -0.2) is 19.3 Å². The lowest BCUT2D eigenvalue weighted by Crippen LogP contribution is -2.38. The normalized spacial score (nSPS) is 11.7. The molecule has 9 nitrogen and oxygen atoms in total. The van der Waals surface area contributed by atoms with Gasteiger partial charge < -0.3 is 15.0 Å². The molecule has 4 heterocycles. The highest BCUT2D eigenvalue weighted by Crippen LogP contribution is 2.45.